The minimum absolute atomic E-state index is 0.01000. The summed E-state index contributed by atoms with van der Waals surface area (Å²) in [7, 11) is 0. The molecule has 1 heterocycles. The molecule has 0 aliphatic heterocycles. The lowest BCUT2D eigenvalue weighted by Gasteiger charge is -2.15. The summed E-state index contributed by atoms with van der Waals surface area (Å²) in [5.74, 6) is -3.22. The van der Waals surface area contributed by atoms with E-state index in [-0.39, 0.29) is 35.8 Å². The maximum absolute atomic E-state index is 13.9. The van der Waals surface area contributed by atoms with Crippen molar-refractivity contribution >= 4 is 16.9 Å². The summed E-state index contributed by atoms with van der Waals surface area (Å²) in [6, 6.07) is 18.7. The zero-order valence-corrected chi connectivity index (χ0v) is 19.5. The van der Waals surface area contributed by atoms with Crippen LogP contribution in [0.15, 0.2) is 82.0 Å². The summed E-state index contributed by atoms with van der Waals surface area (Å²) < 4.78 is 67.8. The number of carbonyl (C=O) groups excluding carboxylic acids is 1. The van der Waals surface area contributed by atoms with E-state index in [9.17, 15) is 22.8 Å². The number of hydrogen-bond acceptors (Lipinski definition) is 7. The topological polar surface area (TPSA) is 84.2 Å². The van der Waals surface area contributed by atoms with Gasteiger partial charge in [-0.15, -0.1) is 0 Å². The Hall–Kier alpha value is -4.47. The molecule has 0 spiro atoms. The molecule has 0 bridgehead atoms. The van der Waals surface area contributed by atoms with Crippen molar-refractivity contribution < 1.29 is 41.3 Å². The van der Waals surface area contributed by atoms with Gasteiger partial charge in [-0.1, -0.05) is 42.5 Å². The van der Waals surface area contributed by atoms with Crippen LogP contribution in [0.25, 0.3) is 11.0 Å². The largest absolute Gasteiger partial charge is 0.490 e. The van der Waals surface area contributed by atoms with Crippen LogP contribution in [0.5, 0.6) is 23.0 Å². The molecule has 0 unspecified atom stereocenters. The Labute approximate surface area is 208 Å². The molecule has 192 valence electrons. The molecule has 3 aromatic carbocycles. The number of esters is 1. The van der Waals surface area contributed by atoms with Crippen LogP contribution in [0, 0.1) is 0 Å². The molecule has 0 atom stereocenters. The molecule has 0 saturated heterocycles. The smallest absolute Gasteiger partial charge is 0.453 e. The van der Waals surface area contributed by atoms with E-state index in [0.29, 0.717) is 0 Å². The number of rotatable bonds is 9. The molecular weight excluding hydrogens is 493 g/mol. The number of para-hydroxylation sites is 2. The van der Waals surface area contributed by atoms with Gasteiger partial charge in [0.1, 0.15) is 17.9 Å². The predicted molar refractivity (Wildman–Crippen MR) is 127 cm³/mol. The average molecular weight is 514 g/mol. The van der Waals surface area contributed by atoms with Gasteiger partial charge >= 0.3 is 12.1 Å². The lowest BCUT2D eigenvalue weighted by Crippen LogP contribution is -2.16. The molecule has 0 aliphatic rings. The zero-order chi connectivity index (χ0) is 26.4. The molecule has 0 aliphatic carbocycles. The average Bonchev–Trinajstić information content (AvgIpc) is 2.88. The summed E-state index contributed by atoms with van der Waals surface area (Å²) in [4.78, 5) is 25.0. The van der Waals surface area contributed by atoms with E-state index in [0.717, 1.165) is 11.6 Å². The second-order valence-electron chi connectivity index (χ2n) is 7.66. The molecule has 4 aromatic rings. The number of ether oxygens (including phenoxy) is 4. The third-order valence-corrected chi connectivity index (χ3v) is 5.04. The third-order valence-electron chi connectivity index (χ3n) is 5.04. The fourth-order valence-electron chi connectivity index (χ4n) is 3.37. The minimum atomic E-state index is -5.04. The van der Waals surface area contributed by atoms with Crippen molar-refractivity contribution in [3.63, 3.8) is 0 Å². The van der Waals surface area contributed by atoms with Crippen LogP contribution in [-0.4, -0.2) is 19.2 Å². The monoisotopic (exact) mass is 514 g/mol. The molecule has 0 radical (unpaired) electrons. The highest BCUT2D eigenvalue weighted by atomic mass is 19.4. The van der Waals surface area contributed by atoms with Crippen molar-refractivity contribution in [2.24, 2.45) is 0 Å². The van der Waals surface area contributed by atoms with Crippen molar-refractivity contribution in [3.05, 3.63) is 94.3 Å². The number of fused-ring (bicyclic) bond motifs is 1. The van der Waals surface area contributed by atoms with Crippen LogP contribution in [0.4, 0.5) is 13.2 Å². The first-order valence-corrected chi connectivity index (χ1v) is 11.2. The van der Waals surface area contributed by atoms with Crippen LogP contribution in [0.3, 0.4) is 0 Å². The van der Waals surface area contributed by atoms with Crippen molar-refractivity contribution in [1.82, 2.24) is 0 Å². The first-order valence-electron chi connectivity index (χ1n) is 11.2. The summed E-state index contributed by atoms with van der Waals surface area (Å²) in [6.45, 7) is 1.48. The lowest BCUT2D eigenvalue weighted by atomic mass is 10.2. The first kappa shape index (κ1) is 25.6. The summed E-state index contributed by atoms with van der Waals surface area (Å²) >= 11 is 0. The molecule has 0 N–H and O–H groups in total. The van der Waals surface area contributed by atoms with Crippen LogP contribution >= 0.6 is 0 Å². The van der Waals surface area contributed by atoms with Crippen molar-refractivity contribution in [3.8, 4) is 23.0 Å². The van der Waals surface area contributed by atoms with Gasteiger partial charge in [0, 0.05) is 6.07 Å². The highest BCUT2D eigenvalue weighted by Crippen LogP contribution is 2.40. The highest BCUT2D eigenvalue weighted by molar-refractivity contribution is 5.80. The van der Waals surface area contributed by atoms with Gasteiger partial charge in [0.05, 0.1) is 12.0 Å². The summed E-state index contributed by atoms with van der Waals surface area (Å²) in [6.07, 6.45) is -5.04. The van der Waals surface area contributed by atoms with E-state index in [1.54, 1.807) is 37.3 Å². The third kappa shape index (κ3) is 6.21. The van der Waals surface area contributed by atoms with Gasteiger partial charge in [0.2, 0.25) is 11.2 Å². The fourth-order valence-corrected chi connectivity index (χ4v) is 3.37. The van der Waals surface area contributed by atoms with Gasteiger partial charge in [0.25, 0.3) is 5.76 Å². The molecule has 10 heteroatoms. The number of hydrogen-bond donors (Lipinski definition) is 0. The van der Waals surface area contributed by atoms with Crippen molar-refractivity contribution in [1.29, 1.82) is 0 Å². The van der Waals surface area contributed by atoms with E-state index >= 15 is 0 Å². The Morgan fingerprint density at radius 3 is 2.32 bits per heavy atom. The Bertz CT molecular complexity index is 1450. The molecule has 0 amide bonds. The number of alkyl halides is 3. The first-order chi connectivity index (χ1) is 17.8. The van der Waals surface area contributed by atoms with Crippen LogP contribution in [0.2, 0.25) is 0 Å². The molecule has 0 saturated carbocycles. The molecular formula is C27H21F3O7. The van der Waals surface area contributed by atoms with Gasteiger partial charge in [-0.25, -0.2) is 4.79 Å². The molecule has 7 nitrogen and oxygen atoms in total. The van der Waals surface area contributed by atoms with E-state index in [2.05, 4.69) is 0 Å². The fraction of sp³-hybridized carbons (Fsp3) is 0.185. The maximum Gasteiger partial charge on any atom is 0.453 e. The predicted octanol–water partition coefficient (Wildman–Crippen LogP) is 6.13. The summed E-state index contributed by atoms with van der Waals surface area (Å²) in [5, 5.41) is -0.170. The molecule has 1 aromatic heterocycles. The lowest BCUT2D eigenvalue weighted by molar-refractivity contribution is -0.154. The highest BCUT2D eigenvalue weighted by Gasteiger charge is 2.40. The van der Waals surface area contributed by atoms with Crippen LogP contribution < -0.4 is 19.6 Å². The second kappa shape index (κ2) is 11.1. The minimum Gasteiger partial charge on any atom is -0.490 e. The van der Waals surface area contributed by atoms with Gasteiger partial charge in [-0.05, 0) is 36.8 Å². The van der Waals surface area contributed by atoms with Gasteiger partial charge in [-0.2, -0.15) is 13.2 Å². The van der Waals surface area contributed by atoms with Crippen LogP contribution in [0.1, 0.15) is 18.2 Å². The zero-order valence-electron chi connectivity index (χ0n) is 19.5. The summed E-state index contributed by atoms with van der Waals surface area (Å²) in [5.41, 5.74) is -0.642. The normalized spacial score (nSPS) is 11.2. The molecule has 37 heavy (non-hydrogen) atoms. The molecule has 4 rings (SSSR count). The SMILES string of the molecule is CCOc1ccccc1Oc1c(C(F)(F)F)oc2cc(OCC(=O)OCc3ccccc3)ccc2c1=O. The Morgan fingerprint density at radius 2 is 1.62 bits per heavy atom. The van der Waals surface area contributed by atoms with E-state index in [1.165, 1.54) is 30.3 Å². The van der Waals surface area contributed by atoms with Gasteiger partial charge in [0.15, 0.2) is 18.1 Å². The van der Waals surface area contributed by atoms with Gasteiger partial charge in [-0.3, -0.25) is 4.79 Å². The van der Waals surface area contributed by atoms with E-state index in [1.807, 2.05) is 6.07 Å². The number of benzene rings is 3. The molecule has 0 fully saturated rings. The number of halogens is 3. The quantitative estimate of drug-likeness (QED) is 0.249. The van der Waals surface area contributed by atoms with E-state index < -0.39 is 41.3 Å². The Morgan fingerprint density at radius 1 is 0.919 bits per heavy atom. The van der Waals surface area contributed by atoms with E-state index in [4.69, 9.17) is 23.4 Å². The Balaban J connectivity index is 1.58. The van der Waals surface area contributed by atoms with Crippen molar-refractivity contribution in [2.75, 3.05) is 13.2 Å². The standard InChI is InChI=1S/C27H21F3O7/c1-2-33-20-10-6-7-11-21(20)36-25-24(32)19-13-12-18(14-22(19)37-26(25)27(28,29)30)34-16-23(31)35-15-17-8-4-3-5-9-17/h3-14H,2,15-16H2,1H3. The van der Waals surface area contributed by atoms with Crippen LogP contribution in [-0.2, 0) is 22.3 Å². The Kier molecular flexibility index (Phi) is 7.66. The van der Waals surface area contributed by atoms with Gasteiger partial charge < -0.3 is 23.4 Å². The van der Waals surface area contributed by atoms with Crippen molar-refractivity contribution in [2.45, 2.75) is 19.7 Å². The number of carbonyl (C=O) groups is 1. The maximum atomic E-state index is 13.9. The second-order valence-corrected chi connectivity index (χ2v) is 7.66.